The maximum Gasteiger partial charge on any atom is 0.272 e. The van der Waals surface area contributed by atoms with Gasteiger partial charge in [-0.2, -0.15) is 0 Å². The molecule has 1 N–H and O–H groups in total. The number of benzene rings is 2. The molecule has 0 bridgehead atoms. The third-order valence-electron chi connectivity index (χ3n) is 4.79. The molecule has 3 rings (SSSR count). The highest BCUT2D eigenvalue weighted by Crippen LogP contribution is 2.30. The highest BCUT2D eigenvalue weighted by atomic mass is 35.5. The Bertz CT molecular complexity index is 956. The summed E-state index contributed by atoms with van der Waals surface area (Å²) in [6, 6.07) is 11.9. The van der Waals surface area contributed by atoms with E-state index in [1.165, 1.54) is 0 Å². The van der Waals surface area contributed by atoms with Crippen LogP contribution in [0.25, 0.3) is 10.9 Å². The van der Waals surface area contributed by atoms with Gasteiger partial charge in [0.1, 0.15) is 5.69 Å². The van der Waals surface area contributed by atoms with Crippen molar-refractivity contribution in [2.45, 2.75) is 40.7 Å². The van der Waals surface area contributed by atoms with Crippen LogP contribution >= 0.6 is 11.6 Å². The van der Waals surface area contributed by atoms with Gasteiger partial charge < -0.3 is 9.88 Å². The average Bonchev–Trinajstić information content (AvgIpc) is 2.88. The van der Waals surface area contributed by atoms with Crippen molar-refractivity contribution in [3.05, 3.63) is 63.8 Å². The van der Waals surface area contributed by atoms with Gasteiger partial charge in [-0.25, -0.2) is 0 Å². The quantitative estimate of drug-likeness (QED) is 0.636. The summed E-state index contributed by atoms with van der Waals surface area (Å²) in [6.07, 6.45) is 0.878. The van der Waals surface area contributed by atoms with Crippen molar-refractivity contribution in [1.82, 2.24) is 4.57 Å². The lowest BCUT2D eigenvalue weighted by Gasteiger charge is -2.14. The number of carbonyl (C=O) groups excluding carboxylic acids is 1. The fraction of sp³-hybridized carbons (Fsp3) is 0.286. The minimum absolute atomic E-state index is 0.0735. The van der Waals surface area contributed by atoms with Crippen molar-refractivity contribution < 1.29 is 4.79 Å². The number of nitrogens with zero attached hydrogens (tertiary/aromatic N) is 1. The summed E-state index contributed by atoms with van der Waals surface area (Å²) >= 11 is 6.16. The molecule has 25 heavy (non-hydrogen) atoms. The van der Waals surface area contributed by atoms with Gasteiger partial charge in [-0.05, 0) is 62.1 Å². The SMILES string of the molecule is CCc1cccc(C)c1NC(=O)c1c(C)c2cc(Cl)ccc2n1CC. The second-order valence-corrected chi connectivity index (χ2v) is 6.73. The lowest BCUT2D eigenvalue weighted by molar-refractivity contribution is 0.101. The van der Waals surface area contributed by atoms with E-state index >= 15 is 0 Å². The topological polar surface area (TPSA) is 34.0 Å². The second-order valence-electron chi connectivity index (χ2n) is 6.30. The van der Waals surface area contributed by atoms with Gasteiger partial charge >= 0.3 is 0 Å². The lowest BCUT2D eigenvalue weighted by atomic mass is 10.1. The molecule has 2 aromatic carbocycles. The van der Waals surface area contributed by atoms with Gasteiger partial charge in [0.2, 0.25) is 0 Å². The van der Waals surface area contributed by atoms with Gasteiger partial charge in [0.25, 0.3) is 5.91 Å². The molecule has 0 aliphatic carbocycles. The van der Waals surface area contributed by atoms with Gasteiger partial charge in [-0.3, -0.25) is 4.79 Å². The number of nitrogens with one attached hydrogen (secondary N) is 1. The second kappa shape index (κ2) is 6.93. The zero-order valence-electron chi connectivity index (χ0n) is 15.1. The summed E-state index contributed by atoms with van der Waals surface area (Å²) in [4.78, 5) is 13.1. The number of anilines is 1. The Balaban J connectivity index is 2.11. The number of carbonyl (C=O) groups is 1. The molecule has 0 saturated heterocycles. The van der Waals surface area contributed by atoms with Gasteiger partial charge in [-0.15, -0.1) is 0 Å². The first-order valence-electron chi connectivity index (χ1n) is 8.66. The standard InChI is InChI=1S/C21H23ClN2O/c1-5-15-9-7-8-13(3)19(15)23-21(25)20-14(4)17-12-16(22)10-11-18(17)24(20)6-2/h7-12H,5-6H2,1-4H3,(H,23,25). The van der Waals surface area contributed by atoms with Crippen molar-refractivity contribution in [3.63, 3.8) is 0 Å². The van der Waals surface area contributed by atoms with Gasteiger partial charge in [0.05, 0.1) is 0 Å². The van der Waals surface area contributed by atoms with E-state index in [1.54, 1.807) is 0 Å². The molecule has 0 unspecified atom stereocenters. The monoisotopic (exact) mass is 354 g/mol. The highest BCUT2D eigenvalue weighted by Gasteiger charge is 2.21. The van der Waals surface area contributed by atoms with E-state index < -0.39 is 0 Å². The number of aromatic nitrogens is 1. The van der Waals surface area contributed by atoms with Crippen molar-refractivity contribution >= 4 is 34.1 Å². The molecule has 1 aromatic heterocycles. The Morgan fingerprint density at radius 3 is 2.60 bits per heavy atom. The molecule has 0 atom stereocenters. The maximum atomic E-state index is 13.1. The third-order valence-corrected chi connectivity index (χ3v) is 5.02. The molecule has 0 spiro atoms. The Labute approximate surface area is 153 Å². The third kappa shape index (κ3) is 3.05. The Kier molecular flexibility index (Phi) is 4.87. The molecule has 130 valence electrons. The van der Waals surface area contributed by atoms with Crippen LogP contribution in [0.4, 0.5) is 5.69 Å². The molecular formula is C21H23ClN2O. The van der Waals surface area contributed by atoms with Crippen LogP contribution in [0.2, 0.25) is 5.02 Å². The van der Waals surface area contributed by atoms with Crippen LogP contribution in [0.5, 0.6) is 0 Å². The normalized spacial score (nSPS) is 11.1. The minimum Gasteiger partial charge on any atom is -0.337 e. The van der Waals surface area contributed by atoms with Crippen LogP contribution in [0, 0.1) is 13.8 Å². The van der Waals surface area contributed by atoms with Gasteiger partial charge in [0.15, 0.2) is 0 Å². The molecule has 1 heterocycles. The smallest absolute Gasteiger partial charge is 0.272 e. The minimum atomic E-state index is -0.0735. The average molecular weight is 355 g/mol. The lowest BCUT2D eigenvalue weighted by Crippen LogP contribution is -2.19. The van der Waals surface area contributed by atoms with Crippen molar-refractivity contribution in [1.29, 1.82) is 0 Å². The van der Waals surface area contributed by atoms with Crippen LogP contribution in [0.3, 0.4) is 0 Å². The Morgan fingerprint density at radius 2 is 1.92 bits per heavy atom. The summed E-state index contributed by atoms with van der Waals surface area (Å²) in [7, 11) is 0. The zero-order valence-corrected chi connectivity index (χ0v) is 15.9. The number of hydrogen-bond acceptors (Lipinski definition) is 1. The van der Waals surface area contributed by atoms with Gasteiger partial charge in [0, 0.05) is 28.2 Å². The van der Waals surface area contributed by atoms with E-state index in [1.807, 2.05) is 44.2 Å². The van der Waals surface area contributed by atoms with Crippen molar-refractivity contribution in [3.8, 4) is 0 Å². The van der Waals surface area contributed by atoms with E-state index in [-0.39, 0.29) is 5.91 Å². The van der Waals surface area contributed by atoms with E-state index in [0.29, 0.717) is 10.7 Å². The van der Waals surface area contributed by atoms with E-state index in [0.717, 1.165) is 46.2 Å². The number of aryl methyl sites for hydroxylation is 4. The zero-order chi connectivity index (χ0) is 18.1. The molecule has 3 nitrogen and oxygen atoms in total. The number of hydrogen-bond donors (Lipinski definition) is 1. The predicted molar refractivity (Wildman–Crippen MR) is 106 cm³/mol. The summed E-state index contributed by atoms with van der Waals surface area (Å²) < 4.78 is 2.06. The molecule has 0 saturated carbocycles. The summed E-state index contributed by atoms with van der Waals surface area (Å²) in [5.41, 5.74) is 5.84. The summed E-state index contributed by atoms with van der Waals surface area (Å²) in [5.74, 6) is -0.0735. The van der Waals surface area contributed by atoms with Crippen molar-refractivity contribution in [2.75, 3.05) is 5.32 Å². The first kappa shape index (κ1) is 17.6. The van der Waals surface area contributed by atoms with Crippen molar-refractivity contribution in [2.24, 2.45) is 0 Å². The van der Waals surface area contributed by atoms with E-state index in [9.17, 15) is 4.79 Å². The molecule has 3 aromatic rings. The molecule has 0 radical (unpaired) electrons. The number of para-hydroxylation sites is 1. The Hall–Kier alpha value is -2.26. The fourth-order valence-electron chi connectivity index (χ4n) is 3.49. The Morgan fingerprint density at radius 1 is 1.16 bits per heavy atom. The molecular weight excluding hydrogens is 332 g/mol. The highest BCUT2D eigenvalue weighted by molar-refractivity contribution is 6.31. The largest absolute Gasteiger partial charge is 0.337 e. The number of halogens is 1. The number of fused-ring (bicyclic) bond motifs is 1. The number of rotatable bonds is 4. The summed E-state index contributed by atoms with van der Waals surface area (Å²) in [5, 5.41) is 4.86. The molecule has 1 amide bonds. The van der Waals surface area contributed by atoms with Crippen LogP contribution < -0.4 is 5.32 Å². The maximum absolute atomic E-state index is 13.1. The van der Waals surface area contributed by atoms with Crippen LogP contribution in [-0.4, -0.2) is 10.5 Å². The fourth-order valence-corrected chi connectivity index (χ4v) is 3.66. The molecule has 0 aliphatic heterocycles. The predicted octanol–water partition coefficient (Wildman–Crippen LogP) is 5.75. The number of amides is 1. The molecule has 0 aliphatic rings. The summed E-state index contributed by atoms with van der Waals surface area (Å²) in [6.45, 7) is 8.88. The van der Waals surface area contributed by atoms with Crippen LogP contribution in [0.1, 0.15) is 41.0 Å². The first-order chi connectivity index (χ1) is 12.0. The van der Waals surface area contributed by atoms with E-state index in [2.05, 4.69) is 29.8 Å². The molecule has 0 fully saturated rings. The van der Waals surface area contributed by atoms with Gasteiger partial charge in [-0.1, -0.05) is 36.7 Å². The molecule has 4 heteroatoms. The van der Waals surface area contributed by atoms with E-state index in [4.69, 9.17) is 11.6 Å². The first-order valence-corrected chi connectivity index (χ1v) is 9.03. The van der Waals surface area contributed by atoms with Crippen LogP contribution in [-0.2, 0) is 13.0 Å². The van der Waals surface area contributed by atoms with Crippen LogP contribution in [0.15, 0.2) is 36.4 Å².